The van der Waals surface area contributed by atoms with Crippen LogP contribution in [0.3, 0.4) is 0 Å². The van der Waals surface area contributed by atoms with Crippen molar-refractivity contribution in [3.8, 4) is 0 Å². The van der Waals surface area contributed by atoms with Crippen molar-refractivity contribution >= 4 is 17.9 Å². The van der Waals surface area contributed by atoms with Crippen LogP contribution < -0.4 is 0 Å². The van der Waals surface area contributed by atoms with Crippen molar-refractivity contribution in [3.05, 3.63) is 0 Å². The molecule has 0 saturated carbocycles. The molecule has 4 nitrogen and oxygen atoms in total. The van der Waals surface area contributed by atoms with Gasteiger partial charge in [-0.05, 0) is 30.9 Å². The SMILES string of the molecule is CSN1CCC(CN2CCN(C(=O)CC(C)C)CC2)CC1. The smallest absolute Gasteiger partial charge is 0.222 e. The molecule has 0 aromatic rings. The first-order valence-corrected chi connectivity index (χ1v) is 9.56. The van der Waals surface area contributed by atoms with Crippen LogP contribution in [0.15, 0.2) is 0 Å². The van der Waals surface area contributed by atoms with Crippen LogP contribution >= 0.6 is 11.9 Å². The van der Waals surface area contributed by atoms with Crippen LogP contribution in [-0.2, 0) is 4.79 Å². The molecule has 0 aromatic heterocycles. The van der Waals surface area contributed by atoms with Gasteiger partial charge in [-0.15, -0.1) is 0 Å². The number of hydrogen-bond acceptors (Lipinski definition) is 4. The molecular formula is C16H31N3OS. The quantitative estimate of drug-likeness (QED) is 0.727. The summed E-state index contributed by atoms with van der Waals surface area (Å²) < 4.78 is 2.47. The lowest BCUT2D eigenvalue weighted by Gasteiger charge is -2.38. The standard InChI is InChI=1S/C16H31N3OS/c1-14(2)12-16(20)18-10-8-17(9-11-18)13-15-4-6-19(21-3)7-5-15/h14-15H,4-13H2,1-3H3. The molecule has 0 atom stereocenters. The van der Waals surface area contributed by atoms with Gasteiger partial charge in [-0.1, -0.05) is 25.8 Å². The second-order valence-corrected chi connectivity index (χ2v) is 7.72. The average Bonchev–Trinajstić information content (AvgIpc) is 2.48. The average molecular weight is 314 g/mol. The summed E-state index contributed by atoms with van der Waals surface area (Å²) in [5.41, 5.74) is 0. The van der Waals surface area contributed by atoms with Gasteiger partial charge >= 0.3 is 0 Å². The summed E-state index contributed by atoms with van der Waals surface area (Å²) >= 11 is 1.88. The molecule has 2 saturated heterocycles. The van der Waals surface area contributed by atoms with E-state index < -0.39 is 0 Å². The molecule has 2 aliphatic heterocycles. The number of carbonyl (C=O) groups is 1. The number of hydrogen-bond donors (Lipinski definition) is 0. The molecule has 1 amide bonds. The molecule has 2 aliphatic rings. The Morgan fingerprint density at radius 2 is 1.71 bits per heavy atom. The van der Waals surface area contributed by atoms with Gasteiger partial charge in [-0.25, -0.2) is 0 Å². The van der Waals surface area contributed by atoms with E-state index in [2.05, 4.69) is 34.2 Å². The molecule has 21 heavy (non-hydrogen) atoms. The van der Waals surface area contributed by atoms with E-state index in [-0.39, 0.29) is 0 Å². The predicted octanol–water partition coefficient (Wildman–Crippen LogP) is 2.17. The highest BCUT2D eigenvalue weighted by Crippen LogP contribution is 2.22. The fraction of sp³-hybridized carbons (Fsp3) is 0.938. The van der Waals surface area contributed by atoms with Gasteiger partial charge in [0.2, 0.25) is 5.91 Å². The molecule has 2 fully saturated rings. The van der Waals surface area contributed by atoms with E-state index in [4.69, 9.17) is 0 Å². The van der Waals surface area contributed by atoms with Crippen LogP contribution in [-0.4, -0.2) is 72.1 Å². The third kappa shape index (κ3) is 5.46. The van der Waals surface area contributed by atoms with Gasteiger partial charge in [0.25, 0.3) is 0 Å². The first kappa shape index (κ1) is 17.1. The molecule has 5 heteroatoms. The maximum Gasteiger partial charge on any atom is 0.222 e. The Bertz CT molecular complexity index is 321. The number of amides is 1. The Morgan fingerprint density at radius 1 is 1.10 bits per heavy atom. The van der Waals surface area contributed by atoms with Crippen LogP contribution in [0.2, 0.25) is 0 Å². The molecule has 122 valence electrons. The summed E-state index contributed by atoms with van der Waals surface area (Å²) in [5, 5.41) is 0. The van der Waals surface area contributed by atoms with Gasteiger partial charge in [-0.3, -0.25) is 14.0 Å². The third-order valence-electron chi connectivity index (χ3n) is 4.66. The Kier molecular flexibility index (Phi) is 6.83. The topological polar surface area (TPSA) is 26.8 Å². The zero-order valence-electron chi connectivity index (χ0n) is 13.9. The molecule has 0 aromatic carbocycles. The molecule has 0 unspecified atom stereocenters. The van der Waals surface area contributed by atoms with Crippen molar-refractivity contribution in [2.24, 2.45) is 11.8 Å². The van der Waals surface area contributed by atoms with Gasteiger partial charge in [0.1, 0.15) is 0 Å². The third-order valence-corrected chi connectivity index (χ3v) is 5.54. The fourth-order valence-corrected chi connectivity index (χ4v) is 3.87. The number of carbonyl (C=O) groups excluding carboxylic acids is 1. The number of piperidine rings is 1. The number of nitrogens with zero attached hydrogens (tertiary/aromatic N) is 3. The normalized spacial score (nSPS) is 23.0. The van der Waals surface area contributed by atoms with E-state index in [0.717, 1.165) is 32.1 Å². The second-order valence-electron chi connectivity index (χ2n) is 6.83. The number of rotatable bonds is 5. The zero-order valence-corrected chi connectivity index (χ0v) is 14.7. The first-order valence-electron chi connectivity index (χ1n) is 8.37. The second kappa shape index (κ2) is 8.39. The van der Waals surface area contributed by atoms with Gasteiger partial charge in [-0.2, -0.15) is 0 Å². The van der Waals surface area contributed by atoms with Crippen molar-refractivity contribution in [2.45, 2.75) is 33.1 Å². The van der Waals surface area contributed by atoms with Crippen LogP contribution in [0, 0.1) is 11.8 Å². The Balaban J connectivity index is 1.66. The van der Waals surface area contributed by atoms with E-state index in [9.17, 15) is 4.79 Å². The zero-order chi connectivity index (χ0) is 15.2. The summed E-state index contributed by atoms with van der Waals surface area (Å²) in [6, 6.07) is 0. The van der Waals surface area contributed by atoms with Crippen molar-refractivity contribution in [3.63, 3.8) is 0 Å². The highest BCUT2D eigenvalue weighted by Gasteiger charge is 2.25. The molecule has 0 aliphatic carbocycles. The molecule has 0 radical (unpaired) electrons. The Labute approximate surface area is 134 Å². The highest BCUT2D eigenvalue weighted by atomic mass is 32.2. The lowest BCUT2D eigenvalue weighted by atomic mass is 9.97. The molecule has 0 N–H and O–H groups in total. The molecular weight excluding hydrogens is 282 g/mol. The summed E-state index contributed by atoms with van der Waals surface area (Å²) in [7, 11) is 0. The van der Waals surface area contributed by atoms with E-state index >= 15 is 0 Å². The summed E-state index contributed by atoms with van der Waals surface area (Å²) in [6.07, 6.45) is 5.53. The Morgan fingerprint density at radius 3 is 2.24 bits per heavy atom. The minimum absolute atomic E-state index is 0.345. The predicted molar refractivity (Wildman–Crippen MR) is 90.3 cm³/mol. The lowest BCUT2D eigenvalue weighted by Crippen LogP contribution is -2.50. The maximum absolute atomic E-state index is 12.1. The summed E-state index contributed by atoms with van der Waals surface area (Å²) in [5.74, 6) is 1.67. The van der Waals surface area contributed by atoms with E-state index in [1.54, 1.807) is 0 Å². The van der Waals surface area contributed by atoms with Crippen molar-refractivity contribution in [1.82, 2.24) is 14.1 Å². The largest absolute Gasteiger partial charge is 0.340 e. The van der Waals surface area contributed by atoms with Crippen LogP contribution in [0.25, 0.3) is 0 Å². The van der Waals surface area contributed by atoms with Crippen molar-refractivity contribution < 1.29 is 4.79 Å². The van der Waals surface area contributed by atoms with E-state index in [0.29, 0.717) is 18.2 Å². The Hall–Kier alpha value is -0.260. The maximum atomic E-state index is 12.1. The molecule has 0 bridgehead atoms. The van der Waals surface area contributed by atoms with Crippen molar-refractivity contribution in [2.75, 3.05) is 52.1 Å². The van der Waals surface area contributed by atoms with Gasteiger partial charge in [0, 0.05) is 52.2 Å². The van der Waals surface area contributed by atoms with Crippen LogP contribution in [0.4, 0.5) is 0 Å². The van der Waals surface area contributed by atoms with Gasteiger partial charge in [0.15, 0.2) is 0 Å². The lowest BCUT2D eigenvalue weighted by molar-refractivity contribution is -0.133. The van der Waals surface area contributed by atoms with Gasteiger partial charge < -0.3 is 4.90 Å². The molecule has 0 spiro atoms. The van der Waals surface area contributed by atoms with Crippen molar-refractivity contribution in [1.29, 1.82) is 0 Å². The minimum Gasteiger partial charge on any atom is -0.340 e. The molecule has 2 rings (SSSR count). The summed E-state index contributed by atoms with van der Waals surface area (Å²) in [4.78, 5) is 16.7. The fourth-order valence-electron chi connectivity index (χ4n) is 3.30. The van der Waals surface area contributed by atoms with Crippen LogP contribution in [0.1, 0.15) is 33.1 Å². The highest BCUT2D eigenvalue weighted by molar-refractivity contribution is 7.96. The first-order chi connectivity index (χ1) is 10.1. The van der Waals surface area contributed by atoms with Gasteiger partial charge in [0.05, 0.1) is 0 Å². The minimum atomic E-state index is 0.345. The van der Waals surface area contributed by atoms with E-state index in [1.165, 1.54) is 32.5 Å². The summed E-state index contributed by atoms with van der Waals surface area (Å²) in [6.45, 7) is 11.9. The monoisotopic (exact) mass is 313 g/mol. The number of piperazine rings is 1. The van der Waals surface area contributed by atoms with Crippen LogP contribution in [0.5, 0.6) is 0 Å². The molecule has 2 heterocycles. The van der Waals surface area contributed by atoms with E-state index in [1.807, 2.05) is 11.9 Å².